The summed E-state index contributed by atoms with van der Waals surface area (Å²) in [5.41, 5.74) is 2.31. The zero-order chi connectivity index (χ0) is 14.9. The van der Waals surface area contributed by atoms with Gasteiger partial charge in [0.1, 0.15) is 12.4 Å². The maximum absolute atomic E-state index is 9.49. The summed E-state index contributed by atoms with van der Waals surface area (Å²) in [7, 11) is 1.82. The summed E-state index contributed by atoms with van der Waals surface area (Å²) in [6.45, 7) is 3.81. The van der Waals surface area contributed by atoms with E-state index in [0.29, 0.717) is 15.8 Å². The Morgan fingerprint density at radius 1 is 1.40 bits per heavy atom. The van der Waals surface area contributed by atoms with Gasteiger partial charge in [0.15, 0.2) is 0 Å². The Morgan fingerprint density at radius 3 is 2.60 bits per heavy atom. The molecule has 0 bridgehead atoms. The zero-order valence-electron chi connectivity index (χ0n) is 11.5. The summed E-state index contributed by atoms with van der Waals surface area (Å²) in [4.78, 5) is 0. The minimum absolute atomic E-state index is 0.282. The van der Waals surface area contributed by atoms with Gasteiger partial charge in [-0.2, -0.15) is 5.10 Å². The molecule has 6 heteroatoms. The summed E-state index contributed by atoms with van der Waals surface area (Å²) < 4.78 is 7.36. The average Bonchev–Trinajstić information content (AvgIpc) is 2.62. The van der Waals surface area contributed by atoms with E-state index < -0.39 is 6.10 Å². The van der Waals surface area contributed by atoms with Gasteiger partial charge < -0.3 is 9.84 Å². The van der Waals surface area contributed by atoms with Crippen LogP contribution < -0.4 is 4.74 Å². The van der Waals surface area contributed by atoms with Gasteiger partial charge in [0.05, 0.1) is 27.5 Å². The molecule has 2 aromatic rings. The number of ether oxygens (including phenoxy) is 1. The monoisotopic (exact) mass is 314 g/mol. The highest BCUT2D eigenvalue weighted by molar-refractivity contribution is 6.32. The molecular formula is C14H16Cl2N2O2. The zero-order valence-corrected chi connectivity index (χ0v) is 13.0. The summed E-state index contributed by atoms with van der Waals surface area (Å²) in [5.74, 6) is 0.547. The third-order valence-corrected chi connectivity index (χ3v) is 3.85. The van der Waals surface area contributed by atoms with E-state index in [0.717, 1.165) is 17.0 Å². The molecule has 1 aromatic carbocycles. The maximum atomic E-state index is 9.49. The maximum Gasteiger partial charge on any atom is 0.138 e. The molecule has 0 radical (unpaired) electrons. The highest BCUT2D eigenvalue weighted by atomic mass is 35.5. The Bertz CT molecular complexity index is 624. The number of halogens is 2. The summed E-state index contributed by atoms with van der Waals surface area (Å²) in [6, 6.07) is 5.21. The van der Waals surface area contributed by atoms with E-state index in [1.54, 1.807) is 29.8 Å². The van der Waals surface area contributed by atoms with Gasteiger partial charge in [-0.1, -0.05) is 29.3 Å². The molecule has 0 aliphatic heterocycles. The van der Waals surface area contributed by atoms with Gasteiger partial charge in [-0.15, -0.1) is 0 Å². The van der Waals surface area contributed by atoms with Crippen LogP contribution in [0.25, 0.3) is 0 Å². The number of aliphatic hydroxyl groups is 1. The van der Waals surface area contributed by atoms with Crippen LogP contribution >= 0.6 is 23.2 Å². The van der Waals surface area contributed by atoms with Crippen LogP contribution in [0.5, 0.6) is 5.75 Å². The number of hydrogen-bond donors (Lipinski definition) is 1. The van der Waals surface area contributed by atoms with Crippen LogP contribution in [0.4, 0.5) is 0 Å². The van der Waals surface area contributed by atoms with E-state index >= 15 is 0 Å². The first kappa shape index (κ1) is 15.2. The van der Waals surface area contributed by atoms with Gasteiger partial charge in [-0.25, -0.2) is 0 Å². The minimum atomic E-state index is -0.560. The lowest BCUT2D eigenvalue weighted by Gasteiger charge is -2.11. The number of aliphatic hydroxyl groups excluding tert-OH is 1. The third kappa shape index (κ3) is 3.08. The van der Waals surface area contributed by atoms with Crippen LogP contribution in [0.1, 0.15) is 30.0 Å². The van der Waals surface area contributed by atoms with Crippen molar-refractivity contribution in [3.63, 3.8) is 0 Å². The molecule has 108 valence electrons. The van der Waals surface area contributed by atoms with Gasteiger partial charge in [0.25, 0.3) is 0 Å². The lowest BCUT2D eigenvalue weighted by molar-refractivity contribution is 0.199. The van der Waals surface area contributed by atoms with Crippen LogP contribution in [-0.4, -0.2) is 14.9 Å². The topological polar surface area (TPSA) is 47.3 Å². The summed E-state index contributed by atoms with van der Waals surface area (Å²) in [5, 5.41) is 14.8. The van der Waals surface area contributed by atoms with E-state index in [1.807, 2.05) is 14.0 Å². The molecular weight excluding hydrogens is 299 g/mol. The molecule has 0 fully saturated rings. The van der Waals surface area contributed by atoms with Crippen molar-refractivity contribution in [1.29, 1.82) is 0 Å². The Kier molecular flexibility index (Phi) is 4.58. The molecule has 0 spiro atoms. The van der Waals surface area contributed by atoms with Crippen molar-refractivity contribution in [2.45, 2.75) is 26.6 Å². The van der Waals surface area contributed by atoms with Crippen molar-refractivity contribution in [2.75, 3.05) is 0 Å². The largest absolute Gasteiger partial charge is 0.486 e. The van der Waals surface area contributed by atoms with Crippen LogP contribution in [0.3, 0.4) is 0 Å². The second-order valence-electron chi connectivity index (χ2n) is 4.62. The fourth-order valence-electron chi connectivity index (χ4n) is 1.88. The summed E-state index contributed by atoms with van der Waals surface area (Å²) in [6.07, 6.45) is -0.560. The molecule has 1 aromatic heterocycles. The molecule has 0 saturated carbocycles. The molecule has 0 saturated heterocycles. The molecule has 20 heavy (non-hydrogen) atoms. The van der Waals surface area contributed by atoms with Crippen molar-refractivity contribution in [2.24, 2.45) is 7.05 Å². The average molecular weight is 315 g/mol. The van der Waals surface area contributed by atoms with E-state index in [2.05, 4.69) is 5.10 Å². The van der Waals surface area contributed by atoms with Crippen LogP contribution in [-0.2, 0) is 13.7 Å². The highest BCUT2D eigenvalue weighted by Gasteiger charge is 2.13. The second-order valence-corrected chi connectivity index (χ2v) is 5.41. The quantitative estimate of drug-likeness (QED) is 0.936. The van der Waals surface area contributed by atoms with Crippen LogP contribution in [0, 0.1) is 6.92 Å². The van der Waals surface area contributed by atoms with Gasteiger partial charge in [-0.05, 0) is 31.5 Å². The fourth-order valence-corrected chi connectivity index (χ4v) is 2.34. The number of aromatic nitrogens is 2. The smallest absolute Gasteiger partial charge is 0.138 e. The number of rotatable bonds is 4. The highest BCUT2D eigenvalue weighted by Crippen LogP contribution is 2.29. The van der Waals surface area contributed by atoms with Crippen molar-refractivity contribution in [3.8, 4) is 5.75 Å². The van der Waals surface area contributed by atoms with Crippen LogP contribution in [0.2, 0.25) is 10.0 Å². The van der Waals surface area contributed by atoms with E-state index in [-0.39, 0.29) is 6.61 Å². The summed E-state index contributed by atoms with van der Waals surface area (Å²) >= 11 is 12.3. The normalized spacial score (nSPS) is 12.5. The predicted octanol–water partition coefficient (Wildman–Crippen LogP) is 3.67. The van der Waals surface area contributed by atoms with E-state index in [9.17, 15) is 5.11 Å². The van der Waals surface area contributed by atoms with Gasteiger partial charge in [0, 0.05) is 7.05 Å². The van der Waals surface area contributed by atoms with Crippen LogP contribution in [0.15, 0.2) is 18.2 Å². The van der Waals surface area contributed by atoms with Gasteiger partial charge >= 0.3 is 0 Å². The Morgan fingerprint density at radius 2 is 2.10 bits per heavy atom. The lowest BCUT2D eigenvalue weighted by Crippen LogP contribution is -2.04. The third-order valence-electron chi connectivity index (χ3n) is 3.06. The van der Waals surface area contributed by atoms with E-state index in [1.165, 1.54) is 0 Å². The Labute approximate surface area is 127 Å². The Balaban J connectivity index is 2.15. The van der Waals surface area contributed by atoms with Gasteiger partial charge in [0.2, 0.25) is 0 Å². The van der Waals surface area contributed by atoms with E-state index in [4.69, 9.17) is 27.9 Å². The lowest BCUT2D eigenvalue weighted by atomic mass is 10.1. The molecule has 4 nitrogen and oxygen atoms in total. The minimum Gasteiger partial charge on any atom is -0.486 e. The van der Waals surface area contributed by atoms with Crippen molar-refractivity contribution in [3.05, 3.63) is 45.2 Å². The first-order valence-electron chi connectivity index (χ1n) is 6.18. The van der Waals surface area contributed by atoms with Gasteiger partial charge in [-0.3, -0.25) is 4.68 Å². The molecule has 1 unspecified atom stereocenters. The number of benzene rings is 1. The first-order chi connectivity index (χ1) is 9.40. The molecule has 2 rings (SSSR count). The molecule has 0 amide bonds. The van der Waals surface area contributed by atoms with Crippen molar-refractivity contribution in [1.82, 2.24) is 9.78 Å². The standard InChI is InChI=1S/C14H16Cl2N2O2/c1-8-14(16)12(18(3)17-8)7-20-13-5-4-10(9(2)19)6-11(13)15/h4-6,9,19H,7H2,1-3H3. The van der Waals surface area contributed by atoms with Crippen molar-refractivity contribution < 1.29 is 9.84 Å². The molecule has 0 aliphatic rings. The molecule has 1 N–H and O–H groups in total. The number of nitrogens with zero attached hydrogens (tertiary/aromatic N) is 2. The molecule has 1 atom stereocenters. The first-order valence-corrected chi connectivity index (χ1v) is 6.94. The fraction of sp³-hybridized carbons (Fsp3) is 0.357. The number of aryl methyl sites for hydroxylation is 2. The predicted molar refractivity (Wildman–Crippen MR) is 79.4 cm³/mol. The molecule has 1 heterocycles. The second kappa shape index (κ2) is 6.04. The SMILES string of the molecule is Cc1nn(C)c(COc2ccc(C(C)O)cc2Cl)c1Cl. The Hall–Kier alpha value is -1.23. The van der Waals surface area contributed by atoms with Crippen molar-refractivity contribution >= 4 is 23.2 Å². The molecule has 0 aliphatic carbocycles. The number of hydrogen-bond acceptors (Lipinski definition) is 3.